The van der Waals surface area contributed by atoms with Gasteiger partial charge in [-0.3, -0.25) is 0 Å². The molecule has 0 radical (unpaired) electrons. The number of hydrogen-bond donors (Lipinski definition) is 1. The van der Waals surface area contributed by atoms with Crippen molar-refractivity contribution in [3.8, 4) is 0 Å². The normalized spacial score (nSPS) is 21.3. The third kappa shape index (κ3) is 2.70. The van der Waals surface area contributed by atoms with Crippen molar-refractivity contribution >= 4 is 5.82 Å². The molecule has 16 heavy (non-hydrogen) atoms. The largest absolute Gasteiger partial charge is 0.366 e. The van der Waals surface area contributed by atoms with E-state index < -0.39 is 0 Å². The molecule has 1 aromatic rings. The van der Waals surface area contributed by atoms with E-state index in [1.807, 2.05) is 6.92 Å². The fraction of sp³-hybridized carbons (Fsp3) is 0.667. The van der Waals surface area contributed by atoms with Gasteiger partial charge >= 0.3 is 0 Å². The molecule has 1 aliphatic heterocycles. The van der Waals surface area contributed by atoms with Gasteiger partial charge in [0.05, 0.1) is 0 Å². The Hall–Kier alpha value is -1.16. The monoisotopic (exact) mass is 220 g/mol. The number of rotatable bonds is 3. The van der Waals surface area contributed by atoms with Crippen molar-refractivity contribution in [2.24, 2.45) is 0 Å². The van der Waals surface area contributed by atoms with Crippen LogP contribution in [0.3, 0.4) is 0 Å². The van der Waals surface area contributed by atoms with Crippen LogP contribution < -0.4 is 5.32 Å². The highest BCUT2D eigenvalue weighted by atomic mass is 15.2. The van der Waals surface area contributed by atoms with E-state index in [4.69, 9.17) is 0 Å². The molecule has 0 bridgehead atoms. The average Bonchev–Trinajstić information content (AvgIpc) is 2.63. The standard InChI is InChI=1S/C12H20N4/c1-4-10-7-12(14-9(2)13-10)15-11-5-6-16(3)8-11/h7,11H,4-6,8H2,1-3H3,(H,13,14,15). The van der Waals surface area contributed by atoms with Crippen LogP contribution in [-0.2, 0) is 6.42 Å². The second-order valence-electron chi connectivity index (χ2n) is 4.54. The number of aryl methyl sites for hydroxylation is 2. The van der Waals surface area contributed by atoms with Gasteiger partial charge in [0.1, 0.15) is 11.6 Å². The van der Waals surface area contributed by atoms with E-state index in [0.717, 1.165) is 30.3 Å². The number of nitrogens with zero attached hydrogens (tertiary/aromatic N) is 3. The maximum atomic E-state index is 4.43. The summed E-state index contributed by atoms with van der Waals surface area (Å²) in [6.45, 7) is 6.34. The molecule has 88 valence electrons. The third-order valence-corrected chi connectivity index (χ3v) is 3.00. The van der Waals surface area contributed by atoms with Crippen LogP contribution in [-0.4, -0.2) is 41.0 Å². The van der Waals surface area contributed by atoms with E-state index in [2.05, 4.69) is 40.2 Å². The van der Waals surface area contributed by atoms with Crippen molar-refractivity contribution in [3.05, 3.63) is 17.6 Å². The predicted octanol–water partition coefficient (Wildman–Crippen LogP) is 1.46. The Balaban J connectivity index is 2.06. The molecule has 4 heteroatoms. The molecule has 0 spiro atoms. The zero-order chi connectivity index (χ0) is 11.5. The minimum absolute atomic E-state index is 0.531. The summed E-state index contributed by atoms with van der Waals surface area (Å²) >= 11 is 0. The molecule has 2 heterocycles. The molecule has 1 aliphatic rings. The molecular formula is C12H20N4. The quantitative estimate of drug-likeness (QED) is 0.837. The van der Waals surface area contributed by atoms with Crippen LogP contribution in [0.1, 0.15) is 24.9 Å². The van der Waals surface area contributed by atoms with E-state index in [1.165, 1.54) is 13.0 Å². The van der Waals surface area contributed by atoms with Crippen molar-refractivity contribution in [1.82, 2.24) is 14.9 Å². The van der Waals surface area contributed by atoms with E-state index in [9.17, 15) is 0 Å². The minimum Gasteiger partial charge on any atom is -0.366 e. The van der Waals surface area contributed by atoms with Crippen LogP contribution in [0.2, 0.25) is 0 Å². The summed E-state index contributed by atoms with van der Waals surface area (Å²) in [4.78, 5) is 11.1. The van der Waals surface area contributed by atoms with Gasteiger partial charge in [-0.25, -0.2) is 9.97 Å². The number of anilines is 1. The summed E-state index contributed by atoms with van der Waals surface area (Å²) in [6.07, 6.45) is 2.16. The molecule has 0 amide bonds. The Bertz CT molecular complexity index is 364. The van der Waals surface area contributed by atoms with Gasteiger partial charge in [-0.1, -0.05) is 6.92 Å². The maximum Gasteiger partial charge on any atom is 0.130 e. The lowest BCUT2D eigenvalue weighted by molar-refractivity contribution is 0.414. The van der Waals surface area contributed by atoms with Crippen molar-refractivity contribution in [2.75, 3.05) is 25.5 Å². The number of aromatic nitrogens is 2. The maximum absolute atomic E-state index is 4.43. The Morgan fingerprint density at radius 2 is 2.31 bits per heavy atom. The highest BCUT2D eigenvalue weighted by Gasteiger charge is 2.19. The van der Waals surface area contributed by atoms with Crippen molar-refractivity contribution in [3.63, 3.8) is 0 Å². The molecule has 1 N–H and O–H groups in total. The summed E-state index contributed by atoms with van der Waals surface area (Å²) in [5, 5.41) is 3.49. The van der Waals surface area contributed by atoms with Crippen molar-refractivity contribution in [2.45, 2.75) is 32.7 Å². The first-order valence-electron chi connectivity index (χ1n) is 5.97. The van der Waals surface area contributed by atoms with Crippen LogP contribution in [0.25, 0.3) is 0 Å². The first kappa shape index (κ1) is 11.3. The topological polar surface area (TPSA) is 41.0 Å². The van der Waals surface area contributed by atoms with Gasteiger partial charge < -0.3 is 10.2 Å². The second-order valence-corrected chi connectivity index (χ2v) is 4.54. The Labute approximate surface area is 97.1 Å². The molecule has 1 saturated heterocycles. The molecule has 0 aromatic carbocycles. The summed E-state index contributed by atoms with van der Waals surface area (Å²) in [5.41, 5.74) is 1.11. The smallest absolute Gasteiger partial charge is 0.130 e. The molecule has 1 unspecified atom stereocenters. The van der Waals surface area contributed by atoms with Crippen LogP contribution in [0, 0.1) is 6.92 Å². The first-order valence-corrected chi connectivity index (χ1v) is 5.97. The molecule has 2 rings (SSSR count). The number of nitrogens with one attached hydrogen (secondary N) is 1. The van der Waals surface area contributed by atoms with Crippen LogP contribution in [0.4, 0.5) is 5.82 Å². The molecule has 4 nitrogen and oxygen atoms in total. The van der Waals surface area contributed by atoms with Crippen molar-refractivity contribution < 1.29 is 0 Å². The van der Waals surface area contributed by atoms with Gasteiger partial charge in [0, 0.05) is 24.3 Å². The molecule has 0 saturated carbocycles. The fourth-order valence-corrected chi connectivity index (χ4v) is 2.15. The highest BCUT2D eigenvalue weighted by molar-refractivity contribution is 5.37. The first-order chi connectivity index (χ1) is 7.67. The van der Waals surface area contributed by atoms with E-state index in [0.29, 0.717) is 6.04 Å². The summed E-state index contributed by atoms with van der Waals surface area (Å²) in [6, 6.07) is 2.59. The molecule has 1 atom stereocenters. The lowest BCUT2D eigenvalue weighted by atomic mass is 10.2. The molecule has 0 aliphatic carbocycles. The zero-order valence-electron chi connectivity index (χ0n) is 10.3. The van der Waals surface area contributed by atoms with Gasteiger partial charge in [-0.05, 0) is 33.4 Å². The van der Waals surface area contributed by atoms with E-state index in [1.54, 1.807) is 0 Å². The van der Waals surface area contributed by atoms with Crippen LogP contribution in [0.15, 0.2) is 6.07 Å². The lowest BCUT2D eigenvalue weighted by Crippen LogP contribution is -2.24. The number of hydrogen-bond acceptors (Lipinski definition) is 4. The molecule has 1 fully saturated rings. The summed E-state index contributed by atoms with van der Waals surface area (Å²) < 4.78 is 0. The van der Waals surface area contributed by atoms with Crippen molar-refractivity contribution in [1.29, 1.82) is 0 Å². The Morgan fingerprint density at radius 3 is 2.94 bits per heavy atom. The number of likely N-dealkylation sites (tertiary alicyclic amines) is 1. The van der Waals surface area contributed by atoms with Gasteiger partial charge in [-0.15, -0.1) is 0 Å². The zero-order valence-corrected chi connectivity index (χ0v) is 10.3. The summed E-state index contributed by atoms with van der Waals surface area (Å²) in [7, 11) is 2.16. The van der Waals surface area contributed by atoms with Crippen LogP contribution in [0.5, 0.6) is 0 Å². The number of likely N-dealkylation sites (N-methyl/N-ethyl adjacent to an activating group) is 1. The summed E-state index contributed by atoms with van der Waals surface area (Å²) in [5.74, 6) is 1.83. The third-order valence-electron chi connectivity index (χ3n) is 3.00. The SMILES string of the molecule is CCc1cc(NC2CCN(C)C2)nc(C)n1. The Morgan fingerprint density at radius 1 is 1.50 bits per heavy atom. The average molecular weight is 220 g/mol. The molecule has 1 aromatic heterocycles. The predicted molar refractivity (Wildman–Crippen MR) is 65.7 cm³/mol. The Kier molecular flexibility index (Phi) is 3.39. The van der Waals surface area contributed by atoms with Gasteiger partial charge in [0.25, 0.3) is 0 Å². The second kappa shape index (κ2) is 4.78. The highest BCUT2D eigenvalue weighted by Crippen LogP contribution is 2.14. The molecular weight excluding hydrogens is 200 g/mol. The van der Waals surface area contributed by atoms with E-state index >= 15 is 0 Å². The fourth-order valence-electron chi connectivity index (χ4n) is 2.15. The van der Waals surface area contributed by atoms with Gasteiger partial charge in [-0.2, -0.15) is 0 Å². The lowest BCUT2D eigenvalue weighted by Gasteiger charge is -2.14. The van der Waals surface area contributed by atoms with Crippen LogP contribution >= 0.6 is 0 Å². The van der Waals surface area contributed by atoms with Gasteiger partial charge in [0.2, 0.25) is 0 Å². The van der Waals surface area contributed by atoms with E-state index in [-0.39, 0.29) is 0 Å². The minimum atomic E-state index is 0.531. The van der Waals surface area contributed by atoms with Gasteiger partial charge in [0.15, 0.2) is 0 Å².